The van der Waals surface area contributed by atoms with Gasteiger partial charge in [0, 0.05) is 10.9 Å². The fourth-order valence-corrected chi connectivity index (χ4v) is 1.96. The molecule has 1 heterocycles. The molecule has 0 amide bonds. The van der Waals surface area contributed by atoms with Gasteiger partial charge in [0.2, 0.25) is 0 Å². The van der Waals surface area contributed by atoms with Crippen LogP contribution in [0.4, 0.5) is 4.39 Å². The maximum Gasteiger partial charge on any atom is 0.130 e. The van der Waals surface area contributed by atoms with Crippen molar-refractivity contribution < 1.29 is 4.39 Å². The van der Waals surface area contributed by atoms with Crippen LogP contribution in [0, 0.1) is 5.82 Å². The quantitative estimate of drug-likeness (QED) is 0.649. The molecular weight excluding hydrogens is 237 g/mol. The molecule has 1 aromatic heterocycles. The van der Waals surface area contributed by atoms with E-state index in [1.165, 1.54) is 6.07 Å². The molecule has 0 aliphatic carbocycles. The van der Waals surface area contributed by atoms with Crippen LogP contribution < -0.4 is 0 Å². The molecule has 0 aliphatic heterocycles. The minimum Gasteiger partial charge on any atom is -0.248 e. The van der Waals surface area contributed by atoms with Crippen LogP contribution in [0.1, 0.15) is 11.3 Å². The molecule has 92 valence electrons. The van der Waals surface area contributed by atoms with Crippen LogP contribution in [0.2, 0.25) is 0 Å². The van der Waals surface area contributed by atoms with E-state index in [-0.39, 0.29) is 5.82 Å². The fourth-order valence-electron chi connectivity index (χ4n) is 1.96. The van der Waals surface area contributed by atoms with Gasteiger partial charge in [-0.1, -0.05) is 42.5 Å². The summed E-state index contributed by atoms with van der Waals surface area (Å²) in [5.41, 5.74) is 2.33. The van der Waals surface area contributed by atoms with E-state index in [9.17, 15) is 4.39 Å². The molecule has 0 aliphatic rings. The molecule has 19 heavy (non-hydrogen) atoms. The van der Waals surface area contributed by atoms with Crippen LogP contribution in [-0.4, -0.2) is 4.98 Å². The van der Waals surface area contributed by atoms with Crippen molar-refractivity contribution in [3.05, 3.63) is 77.7 Å². The summed E-state index contributed by atoms with van der Waals surface area (Å²) < 4.78 is 13.5. The van der Waals surface area contributed by atoms with Gasteiger partial charge < -0.3 is 0 Å². The number of pyridine rings is 1. The van der Waals surface area contributed by atoms with Crippen LogP contribution in [-0.2, 0) is 0 Å². The molecule has 0 fully saturated rings. The Bertz CT molecular complexity index is 747. The number of halogens is 1. The second-order valence-corrected chi connectivity index (χ2v) is 4.28. The molecular formula is C17H12FN. The maximum atomic E-state index is 13.5. The number of aromatic nitrogens is 1. The third kappa shape index (κ3) is 2.52. The first kappa shape index (κ1) is 11.6. The number of para-hydroxylation sites is 1. The van der Waals surface area contributed by atoms with Crippen molar-refractivity contribution in [1.82, 2.24) is 4.98 Å². The van der Waals surface area contributed by atoms with Gasteiger partial charge in [-0.15, -0.1) is 0 Å². The summed E-state index contributed by atoms with van der Waals surface area (Å²) in [4.78, 5) is 4.51. The number of nitrogens with zero attached hydrogens (tertiary/aromatic N) is 1. The van der Waals surface area contributed by atoms with Crippen molar-refractivity contribution in [2.75, 3.05) is 0 Å². The Kier molecular flexibility index (Phi) is 3.07. The number of benzene rings is 2. The largest absolute Gasteiger partial charge is 0.248 e. The summed E-state index contributed by atoms with van der Waals surface area (Å²) in [6, 6.07) is 18.6. The van der Waals surface area contributed by atoms with Crippen LogP contribution in [0.15, 0.2) is 60.7 Å². The molecule has 0 saturated carbocycles. The zero-order valence-corrected chi connectivity index (χ0v) is 10.3. The van der Waals surface area contributed by atoms with Gasteiger partial charge in [-0.3, -0.25) is 0 Å². The topological polar surface area (TPSA) is 12.9 Å². The van der Waals surface area contributed by atoms with Gasteiger partial charge in [-0.2, -0.15) is 0 Å². The first-order valence-corrected chi connectivity index (χ1v) is 6.11. The predicted octanol–water partition coefficient (Wildman–Crippen LogP) is 4.54. The summed E-state index contributed by atoms with van der Waals surface area (Å²) in [7, 11) is 0. The van der Waals surface area contributed by atoms with Gasteiger partial charge in [0.15, 0.2) is 0 Å². The molecule has 0 radical (unpaired) electrons. The highest BCUT2D eigenvalue weighted by atomic mass is 19.1. The van der Waals surface area contributed by atoms with Crippen molar-refractivity contribution in [3.63, 3.8) is 0 Å². The Hall–Kier alpha value is -2.48. The molecule has 3 rings (SSSR count). The van der Waals surface area contributed by atoms with E-state index < -0.39 is 0 Å². The number of fused-ring (bicyclic) bond motifs is 1. The van der Waals surface area contributed by atoms with Gasteiger partial charge in [0.1, 0.15) is 5.82 Å². The monoisotopic (exact) mass is 249 g/mol. The second-order valence-electron chi connectivity index (χ2n) is 4.28. The van der Waals surface area contributed by atoms with E-state index in [4.69, 9.17) is 0 Å². The van der Waals surface area contributed by atoms with Crippen molar-refractivity contribution in [2.45, 2.75) is 0 Å². The first-order valence-electron chi connectivity index (χ1n) is 6.11. The van der Waals surface area contributed by atoms with Gasteiger partial charge in [0.25, 0.3) is 0 Å². The standard InChI is InChI=1S/C17H12FN/c18-16-7-3-1-5-13(16)9-11-15-12-10-14-6-2-4-8-17(14)19-15/h1-12H. The normalized spacial score (nSPS) is 11.2. The SMILES string of the molecule is Fc1ccccc1C=Cc1ccc2ccccc2n1. The average Bonchev–Trinajstić information content (AvgIpc) is 2.46. The van der Waals surface area contributed by atoms with Crippen LogP contribution in [0.3, 0.4) is 0 Å². The lowest BCUT2D eigenvalue weighted by Crippen LogP contribution is -1.83. The minimum absolute atomic E-state index is 0.223. The molecule has 0 unspecified atom stereocenters. The smallest absolute Gasteiger partial charge is 0.130 e. The number of hydrogen-bond acceptors (Lipinski definition) is 1. The molecule has 0 bridgehead atoms. The van der Waals surface area contributed by atoms with Gasteiger partial charge in [0.05, 0.1) is 11.2 Å². The summed E-state index contributed by atoms with van der Waals surface area (Å²) in [5.74, 6) is -0.223. The molecule has 2 heteroatoms. The molecule has 1 nitrogen and oxygen atoms in total. The highest BCUT2D eigenvalue weighted by Gasteiger charge is 1.97. The molecule has 0 saturated heterocycles. The Labute approximate surface area is 111 Å². The average molecular weight is 249 g/mol. The zero-order valence-electron chi connectivity index (χ0n) is 10.3. The van der Waals surface area contributed by atoms with E-state index in [0.29, 0.717) is 5.56 Å². The third-order valence-electron chi connectivity index (χ3n) is 2.96. The van der Waals surface area contributed by atoms with E-state index in [1.807, 2.05) is 48.5 Å². The predicted molar refractivity (Wildman–Crippen MR) is 77.1 cm³/mol. The van der Waals surface area contributed by atoms with Gasteiger partial charge in [-0.05, 0) is 30.4 Å². The van der Waals surface area contributed by atoms with Crippen molar-refractivity contribution in [3.8, 4) is 0 Å². The Morgan fingerprint density at radius 1 is 0.789 bits per heavy atom. The summed E-state index contributed by atoms with van der Waals surface area (Å²) in [6.07, 6.45) is 3.57. The van der Waals surface area contributed by atoms with E-state index >= 15 is 0 Å². The minimum atomic E-state index is -0.223. The van der Waals surface area contributed by atoms with Crippen LogP contribution in [0.5, 0.6) is 0 Å². The molecule has 2 aromatic carbocycles. The third-order valence-corrected chi connectivity index (χ3v) is 2.96. The molecule has 0 N–H and O–H groups in total. The Morgan fingerprint density at radius 3 is 2.47 bits per heavy atom. The van der Waals surface area contributed by atoms with Crippen molar-refractivity contribution >= 4 is 23.1 Å². The Balaban J connectivity index is 1.95. The lowest BCUT2D eigenvalue weighted by molar-refractivity contribution is 0.625. The highest BCUT2D eigenvalue weighted by molar-refractivity contribution is 5.80. The van der Waals surface area contributed by atoms with Crippen molar-refractivity contribution in [1.29, 1.82) is 0 Å². The maximum absolute atomic E-state index is 13.5. The molecule has 0 atom stereocenters. The lowest BCUT2D eigenvalue weighted by Gasteiger charge is -1.99. The van der Waals surface area contributed by atoms with Gasteiger partial charge >= 0.3 is 0 Å². The van der Waals surface area contributed by atoms with Crippen molar-refractivity contribution in [2.24, 2.45) is 0 Å². The first-order chi connectivity index (χ1) is 9.33. The fraction of sp³-hybridized carbons (Fsp3) is 0. The molecule has 3 aromatic rings. The summed E-state index contributed by atoms with van der Waals surface area (Å²) in [6.45, 7) is 0. The van der Waals surface area contributed by atoms with Crippen LogP contribution in [0.25, 0.3) is 23.1 Å². The number of rotatable bonds is 2. The zero-order chi connectivity index (χ0) is 13.1. The summed E-state index contributed by atoms with van der Waals surface area (Å²) >= 11 is 0. The van der Waals surface area contributed by atoms with Crippen LogP contribution >= 0.6 is 0 Å². The highest BCUT2D eigenvalue weighted by Crippen LogP contribution is 2.14. The summed E-state index contributed by atoms with van der Waals surface area (Å²) in [5, 5.41) is 1.10. The number of hydrogen-bond donors (Lipinski definition) is 0. The Morgan fingerprint density at radius 2 is 1.58 bits per heavy atom. The molecule has 0 spiro atoms. The second kappa shape index (κ2) is 5.02. The van der Waals surface area contributed by atoms with E-state index in [2.05, 4.69) is 4.98 Å². The van der Waals surface area contributed by atoms with E-state index in [1.54, 1.807) is 18.2 Å². The lowest BCUT2D eigenvalue weighted by atomic mass is 10.1. The van der Waals surface area contributed by atoms with Gasteiger partial charge in [-0.25, -0.2) is 9.37 Å². The van der Waals surface area contributed by atoms with E-state index in [0.717, 1.165) is 16.6 Å².